The van der Waals surface area contributed by atoms with Crippen LogP contribution in [0.5, 0.6) is 0 Å². The van der Waals surface area contributed by atoms with Crippen molar-refractivity contribution in [3.63, 3.8) is 0 Å². The Morgan fingerprint density at radius 3 is 2.25 bits per heavy atom. The van der Waals surface area contributed by atoms with E-state index in [1.807, 2.05) is 12.1 Å². The smallest absolute Gasteiger partial charge is 0.450 e. The number of carboxylic acid groups (broad SMARTS) is 1. The first-order valence-corrected chi connectivity index (χ1v) is 5.07. The van der Waals surface area contributed by atoms with Gasteiger partial charge in [-0.25, -0.2) is 4.79 Å². The van der Waals surface area contributed by atoms with Gasteiger partial charge in [-0.3, -0.25) is 4.79 Å². The zero-order valence-electron chi connectivity index (χ0n) is 8.48. The molecule has 0 aromatic heterocycles. The lowest BCUT2D eigenvalue weighted by Gasteiger charge is -2.02. The number of ether oxygens (including phenoxy) is 1. The Balaban J connectivity index is 2.45. The van der Waals surface area contributed by atoms with Gasteiger partial charge in [0.2, 0.25) is 5.24 Å². The van der Waals surface area contributed by atoms with Crippen LogP contribution in [-0.4, -0.2) is 23.1 Å². The van der Waals surface area contributed by atoms with Gasteiger partial charge in [-0.15, -0.1) is 0 Å². The van der Waals surface area contributed by atoms with Crippen LogP contribution in [0, 0.1) is 0 Å². The first-order chi connectivity index (χ1) is 7.58. The Morgan fingerprint density at radius 2 is 1.75 bits per heavy atom. The number of hydrogen-bond donors (Lipinski definition) is 1. The summed E-state index contributed by atoms with van der Waals surface area (Å²) < 4.78 is 4.38. The fourth-order valence-corrected chi connectivity index (χ4v) is 1.39. The number of carbonyl (C=O) groups is 2. The molecule has 0 aliphatic carbocycles. The minimum Gasteiger partial charge on any atom is -0.450 e. The highest BCUT2D eigenvalue weighted by atomic mass is 35.5. The van der Waals surface area contributed by atoms with Crippen molar-refractivity contribution in [2.24, 2.45) is 0 Å². The molecule has 0 radical (unpaired) electrons. The summed E-state index contributed by atoms with van der Waals surface area (Å²) in [6.07, 6.45) is -0.557. The number of halogens is 1. The van der Waals surface area contributed by atoms with Crippen LogP contribution in [0.2, 0.25) is 0 Å². The van der Waals surface area contributed by atoms with Crippen molar-refractivity contribution in [2.45, 2.75) is 12.8 Å². The van der Waals surface area contributed by atoms with E-state index >= 15 is 0 Å². The molecule has 0 heterocycles. The monoisotopic (exact) mass is 242 g/mol. The second kappa shape index (κ2) is 6.12. The van der Waals surface area contributed by atoms with Crippen LogP contribution in [0.1, 0.15) is 11.1 Å². The molecule has 0 aliphatic heterocycles. The highest BCUT2D eigenvalue weighted by molar-refractivity contribution is 6.63. The third kappa shape index (κ3) is 4.79. The molecular formula is C11H11ClO4. The van der Waals surface area contributed by atoms with Gasteiger partial charge in [0.25, 0.3) is 0 Å². The van der Waals surface area contributed by atoms with Gasteiger partial charge >= 0.3 is 6.16 Å². The lowest BCUT2D eigenvalue weighted by atomic mass is 10.1. The number of benzene rings is 1. The van der Waals surface area contributed by atoms with Crippen LogP contribution in [-0.2, 0) is 22.4 Å². The second-order valence-electron chi connectivity index (χ2n) is 3.21. The minimum atomic E-state index is -1.27. The molecule has 0 bridgehead atoms. The van der Waals surface area contributed by atoms with Crippen LogP contribution < -0.4 is 0 Å². The van der Waals surface area contributed by atoms with Crippen molar-refractivity contribution >= 4 is 23.0 Å². The average Bonchev–Trinajstić information content (AvgIpc) is 2.19. The summed E-state index contributed by atoms with van der Waals surface area (Å²) in [6.45, 7) is 0.128. The molecule has 0 amide bonds. The SMILES string of the molecule is O=C(Cl)Cc1ccc(CCOC(=O)O)cc1. The Kier molecular flexibility index (Phi) is 4.79. The first-order valence-electron chi connectivity index (χ1n) is 4.70. The molecule has 0 saturated heterocycles. The van der Waals surface area contributed by atoms with E-state index in [1.54, 1.807) is 12.1 Å². The van der Waals surface area contributed by atoms with E-state index in [9.17, 15) is 9.59 Å². The van der Waals surface area contributed by atoms with Crippen molar-refractivity contribution in [3.8, 4) is 0 Å². The van der Waals surface area contributed by atoms with Gasteiger partial charge in [-0.1, -0.05) is 24.3 Å². The molecule has 0 atom stereocenters. The summed E-state index contributed by atoms with van der Waals surface area (Å²) in [5.41, 5.74) is 1.79. The van der Waals surface area contributed by atoms with Gasteiger partial charge in [0.05, 0.1) is 6.61 Å². The number of carbonyl (C=O) groups excluding carboxylic acids is 1. The molecule has 1 N–H and O–H groups in total. The van der Waals surface area contributed by atoms with E-state index in [4.69, 9.17) is 16.7 Å². The zero-order chi connectivity index (χ0) is 12.0. The fourth-order valence-electron chi connectivity index (χ4n) is 1.24. The average molecular weight is 243 g/mol. The second-order valence-corrected chi connectivity index (χ2v) is 3.63. The Bertz CT molecular complexity index is 372. The molecular weight excluding hydrogens is 232 g/mol. The molecule has 1 aromatic rings. The quantitative estimate of drug-likeness (QED) is 0.635. The summed E-state index contributed by atoms with van der Waals surface area (Å²) >= 11 is 5.25. The minimum absolute atomic E-state index is 0.128. The molecule has 1 rings (SSSR count). The van der Waals surface area contributed by atoms with Crippen molar-refractivity contribution < 1.29 is 19.4 Å². The van der Waals surface area contributed by atoms with E-state index in [-0.39, 0.29) is 13.0 Å². The van der Waals surface area contributed by atoms with Crippen LogP contribution in [0.15, 0.2) is 24.3 Å². The lowest BCUT2D eigenvalue weighted by molar-refractivity contribution is -0.111. The van der Waals surface area contributed by atoms with Crippen LogP contribution in [0.4, 0.5) is 4.79 Å². The fraction of sp³-hybridized carbons (Fsp3) is 0.273. The number of hydrogen-bond acceptors (Lipinski definition) is 3. The highest BCUT2D eigenvalue weighted by Crippen LogP contribution is 2.07. The predicted octanol–water partition coefficient (Wildman–Crippen LogP) is 2.23. The van der Waals surface area contributed by atoms with Crippen molar-refractivity contribution in [2.75, 3.05) is 6.61 Å². The topological polar surface area (TPSA) is 63.6 Å². The largest absolute Gasteiger partial charge is 0.505 e. The van der Waals surface area contributed by atoms with Gasteiger partial charge in [-0.05, 0) is 22.7 Å². The van der Waals surface area contributed by atoms with E-state index in [0.29, 0.717) is 6.42 Å². The number of rotatable bonds is 5. The van der Waals surface area contributed by atoms with E-state index in [2.05, 4.69) is 4.74 Å². The Hall–Kier alpha value is -1.55. The third-order valence-electron chi connectivity index (χ3n) is 1.98. The maximum Gasteiger partial charge on any atom is 0.505 e. The molecule has 0 spiro atoms. The molecule has 16 heavy (non-hydrogen) atoms. The Morgan fingerprint density at radius 1 is 1.19 bits per heavy atom. The van der Waals surface area contributed by atoms with Gasteiger partial charge in [-0.2, -0.15) is 0 Å². The van der Waals surface area contributed by atoms with Gasteiger partial charge < -0.3 is 9.84 Å². The van der Waals surface area contributed by atoms with Crippen LogP contribution in [0.3, 0.4) is 0 Å². The van der Waals surface area contributed by atoms with Gasteiger partial charge in [0.15, 0.2) is 0 Å². The predicted molar refractivity (Wildman–Crippen MR) is 58.7 cm³/mol. The maximum atomic E-state index is 10.6. The summed E-state index contributed by atoms with van der Waals surface area (Å²) in [6, 6.07) is 7.22. The molecule has 86 valence electrons. The van der Waals surface area contributed by atoms with E-state index in [1.165, 1.54) is 0 Å². The summed E-state index contributed by atoms with van der Waals surface area (Å²) in [5.74, 6) is 0. The normalized spacial score (nSPS) is 9.81. The van der Waals surface area contributed by atoms with Crippen molar-refractivity contribution in [1.82, 2.24) is 0 Å². The maximum absolute atomic E-state index is 10.6. The molecule has 1 aromatic carbocycles. The molecule has 4 nitrogen and oxygen atoms in total. The molecule has 5 heteroatoms. The van der Waals surface area contributed by atoms with Crippen LogP contribution >= 0.6 is 11.6 Å². The molecule has 0 saturated carbocycles. The van der Waals surface area contributed by atoms with E-state index in [0.717, 1.165) is 11.1 Å². The zero-order valence-corrected chi connectivity index (χ0v) is 9.24. The standard InChI is InChI=1S/C11H11ClO4/c12-10(13)7-9-3-1-8(2-4-9)5-6-16-11(14)15/h1-4H,5-7H2,(H,14,15). The highest BCUT2D eigenvalue weighted by Gasteiger charge is 2.01. The first kappa shape index (κ1) is 12.5. The third-order valence-corrected chi connectivity index (χ3v) is 2.12. The summed E-state index contributed by atoms with van der Waals surface area (Å²) in [4.78, 5) is 20.7. The van der Waals surface area contributed by atoms with Crippen molar-refractivity contribution in [1.29, 1.82) is 0 Å². The molecule has 0 fully saturated rings. The Labute approximate surface area is 97.8 Å². The molecule has 0 unspecified atom stereocenters. The van der Waals surface area contributed by atoms with E-state index < -0.39 is 11.4 Å². The summed E-state index contributed by atoms with van der Waals surface area (Å²) in [7, 11) is 0. The van der Waals surface area contributed by atoms with Crippen LogP contribution in [0.25, 0.3) is 0 Å². The van der Waals surface area contributed by atoms with Gasteiger partial charge in [0.1, 0.15) is 0 Å². The summed E-state index contributed by atoms with van der Waals surface area (Å²) in [5, 5.41) is 7.86. The van der Waals surface area contributed by atoms with Gasteiger partial charge in [0, 0.05) is 12.8 Å². The van der Waals surface area contributed by atoms with Crippen molar-refractivity contribution in [3.05, 3.63) is 35.4 Å². The lowest BCUT2D eigenvalue weighted by Crippen LogP contribution is -2.04. The molecule has 0 aliphatic rings.